The summed E-state index contributed by atoms with van der Waals surface area (Å²) in [5, 5.41) is 23.5. The van der Waals surface area contributed by atoms with E-state index in [-0.39, 0.29) is 18.5 Å². The third-order valence-electron chi connectivity index (χ3n) is 17.8. The summed E-state index contributed by atoms with van der Waals surface area (Å²) < 4.78 is 5.47. The molecule has 0 heterocycles. The van der Waals surface area contributed by atoms with E-state index in [1.807, 2.05) is 0 Å². The largest absolute Gasteiger partial charge is 0.466 e. The molecule has 0 fully saturated rings. The van der Waals surface area contributed by atoms with Crippen LogP contribution in [0.15, 0.2) is 48.6 Å². The number of nitrogens with one attached hydrogen (secondary N) is 1. The number of amides is 1. The Morgan fingerprint density at radius 3 is 0.941 bits per heavy atom. The summed E-state index contributed by atoms with van der Waals surface area (Å²) in [6.45, 7) is 4.92. The average Bonchev–Trinajstić information content (AvgIpc) is 3.51. The normalized spacial score (nSPS) is 12.8. The number of rotatable bonds is 72. The highest BCUT2D eigenvalue weighted by molar-refractivity contribution is 5.76. The third kappa shape index (κ3) is 70.8. The van der Waals surface area contributed by atoms with Crippen molar-refractivity contribution in [2.24, 2.45) is 0 Å². The first-order valence-corrected chi connectivity index (χ1v) is 38.4. The van der Waals surface area contributed by atoms with Crippen molar-refractivity contribution in [2.75, 3.05) is 13.2 Å². The standard InChI is InChI=1S/C79H149NO5/c1-3-5-7-9-11-13-15-17-18-19-20-21-35-38-41-44-48-51-55-59-63-67-71-77(82)76(75-81)80-78(83)72-68-64-60-56-52-49-45-42-39-36-33-31-29-27-25-23-22-24-26-28-30-32-34-37-40-43-46-50-54-58-62-66-70-74-85-79(84)73-69-65-61-57-53-47-16-14-12-10-8-6-4-2/h8,10,14,16,26,28,32,34,76-77,81-82H,3-7,9,11-13,15,17-25,27,29-31,33,35-75H2,1-2H3,(H,80,83)/b10-8-,16-14-,28-26-,34-32-. The second-order valence-corrected chi connectivity index (χ2v) is 26.3. The van der Waals surface area contributed by atoms with Crippen LogP contribution in [0.3, 0.4) is 0 Å². The fourth-order valence-electron chi connectivity index (χ4n) is 12.0. The first-order valence-electron chi connectivity index (χ1n) is 38.4. The number of hydrogen-bond acceptors (Lipinski definition) is 5. The molecule has 85 heavy (non-hydrogen) atoms. The zero-order valence-corrected chi connectivity index (χ0v) is 57.4. The number of hydrogen-bond donors (Lipinski definition) is 3. The van der Waals surface area contributed by atoms with E-state index in [0.29, 0.717) is 25.9 Å². The summed E-state index contributed by atoms with van der Waals surface area (Å²) in [6.07, 6.45) is 97.6. The molecular weight excluding hydrogens is 1040 g/mol. The molecule has 0 bridgehead atoms. The topological polar surface area (TPSA) is 95.9 Å². The Kier molecular flexibility index (Phi) is 72.4. The van der Waals surface area contributed by atoms with Gasteiger partial charge >= 0.3 is 5.97 Å². The van der Waals surface area contributed by atoms with Gasteiger partial charge in [-0.25, -0.2) is 0 Å². The highest BCUT2D eigenvalue weighted by Crippen LogP contribution is 2.19. The van der Waals surface area contributed by atoms with Gasteiger partial charge < -0.3 is 20.3 Å². The highest BCUT2D eigenvalue weighted by Gasteiger charge is 2.20. The van der Waals surface area contributed by atoms with E-state index in [1.165, 1.54) is 327 Å². The summed E-state index contributed by atoms with van der Waals surface area (Å²) in [4.78, 5) is 24.6. The second-order valence-electron chi connectivity index (χ2n) is 26.3. The van der Waals surface area contributed by atoms with Gasteiger partial charge in [0.2, 0.25) is 5.91 Å². The summed E-state index contributed by atoms with van der Waals surface area (Å²) >= 11 is 0. The van der Waals surface area contributed by atoms with Crippen molar-refractivity contribution in [1.82, 2.24) is 5.32 Å². The summed E-state index contributed by atoms with van der Waals surface area (Å²) in [5.41, 5.74) is 0. The van der Waals surface area contributed by atoms with Crippen LogP contribution >= 0.6 is 0 Å². The van der Waals surface area contributed by atoms with Crippen molar-refractivity contribution in [3.63, 3.8) is 0 Å². The van der Waals surface area contributed by atoms with Gasteiger partial charge in [-0.05, 0) is 83.5 Å². The fourth-order valence-corrected chi connectivity index (χ4v) is 12.0. The zero-order chi connectivity index (χ0) is 61.3. The first-order chi connectivity index (χ1) is 42.0. The van der Waals surface area contributed by atoms with Crippen molar-refractivity contribution in [3.05, 3.63) is 48.6 Å². The molecule has 500 valence electrons. The van der Waals surface area contributed by atoms with Crippen LogP contribution in [0.25, 0.3) is 0 Å². The lowest BCUT2D eigenvalue weighted by molar-refractivity contribution is -0.143. The van der Waals surface area contributed by atoms with Gasteiger partial charge in [-0.1, -0.05) is 371 Å². The molecule has 0 aromatic carbocycles. The van der Waals surface area contributed by atoms with Crippen molar-refractivity contribution in [2.45, 2.75) is 431 Å². The minimum absolute atomic E-state index is 0.000943. The van der Waals surface area contributed by atoms with Crippen LogP contribution in [0.5, 0.6) is 0 Å². The number of carbonyl (C=O) groups is 2. The number of allylic oxidation sites excluding steroid dienone is 8. The number of ether oxygens (including phenoxy) is 1. The van der Waals surface area contributed by atoms with Crippen molar-refractivity contribution >= 4 is 11.9 Å². The van der Waals surface area contributed by atoms with Crippen LogP contribution in [-0.4, -0.2) is 47.4 Å². The molecule has 0 aliphatic heterocycles. The predicted molar refractivity (Wildman–Crippen MR) is 375 cm³/mol. The van der Waals surface area contributed by atoms with Crippen molar-refractivity contribution < 1.29 is 24.5 Å². The Morgan fingerprint density at radius 1 is 0.329 bits per heavy atom. The van der Waals surface area contributed by atoms with Crippen LogP contribution < -0.4 is 5.32 Å². The van der Waals surface area contributed by atoms with Gasteiger partial charge in [0, 0.05) is 12.8 Å². The van der Waals surface area contributed by atoms with Crippen LogP contribution in [0.2, 0.25) is 0 Å². The molecule has 0 aromatic heterocycles. The summed E-state index contributed by atoms with van der Waals surface area (Å²) in [5.74, 6) is -0.0295. The number of unbranched alkanes of at least 4 members (excludes halogenated alkanes) is 53. The van der Waals surface area contributed by atoms with Gasteiger partial charge in [0.1, 0.15) is 0 Å². The Hall–Kier alpha value is -2.18. The van der Waals surface area contributed by atoms with Crippen molar-refractivity contribution in [3.8, 4) is 0 Å². The molecule has 2 unspecified atom stereocenters. The molecule has 2 atom stereocenters. The van der Waals surface area contributed by atoms with Crippen LogP contribution in [0.1, 0.15) is 418 Å². The highest BCUT2D eigenvalue weighted by atomic mass is 16.5. The lowest BCUT2D eigenvalue weighted by Gasteiger charge is -2.22. The summed E-state index contributed by atoms with van der Waals surface area (Å²) in [7, 11) is 0. The SMILES string of the molecule is CCC/C=C\C/C=C\CCCCCCCC(=O)OCCCCCCCCCCC/C=C\C/C=C\CCCCCCCCCCCCCCCCCCCC(=O)NC(CO)C(O)CCCCCCCCCCCCCCCCCCCCCCCC. The first kappa shape index (κ1) is 82.8. The van der Waals surface area contributed by atoms with Crippen LogP contribution in [-0.2, 0) is 14.3 Å². The quantitative estimate of drug-likeness (QED) is 0.0320. The van der Waals surface area contributed by atoms with Gasteiger partial charge in [0.25, 0.3) is 0 Å². The van der Waals surface area contributed by atoms with E-state index >= 15 is 0 Å². The lowest BCUT2D eigenvalue weighted by Crippen LogP contribution is -2.45. The van der Waals surface area contributed by atoms with E-state index in [4.69, 9.17) is 4.74 Å². The van der Waals surface area contributed by atoms with Crippen molar-refractivity contribution in [1.29, 1.82) is 0 Å². The van der Waals surface area contributed by atoms with E-state index in [1.54, 1.807) is 0 Å². The van der Waals surface area contributed by atoms with E-state index in [0.717, 1.165) is 57.8 Å². The van der Waals surface area contributed by atoms with Gasteiger partial charge in [-0.3, -0.25) is 9.59 Å². The van der Waals surface area contributed by atoms with Gasteiger partial charge in [-0.2, -0.15) is 0 Å². The van der Waals surface area contributed by atoms with Gasteiger partial charge in [0.15, 0.2) is 0 Å². The van der Waals surface area contributed by atoms with Gasteiger partial charge in [0.05, 0.1) is 25.4 Å². The molecular formula is C79H149NO5. The summed E-state index contributed by atoms with van der Waals surface area (Å²) in [6, 6.07) is -0.542. The van der Waals surface area contributed by atoms with Gasteiger partial charge in [-0.15, -0.1) is 0 Å². The average molecular weight is 1190 g/mol. The molecule has 0 radical (unpaired) electrons. The maximum Gasteiger partial charge on any atom is 0.305 e. The Balaban J connectivity index is 3.39. The molecule has 0 aliphatic carbocycles. The monoisotopic (exact) mass is 1190 g/mol. The number of aliphatic hydroxyl groups is 2. The minimum Gasteiger partial charge on any atom is -0.466 e. The molecule has 0 aromatic rings. The number of aliphatic hydroxyl groups excluding tert-OH is 2. The number of esters is 1. The molecule has 6 heteroatoms. The number of carbonyl (C=O) groups excluding carboxylic acids is 2. The maximum absolute atomic E-state index is 12.6. The molecule has 3 N–H and O–H groups in total. The van der Waals surface area contributed by atoms with E-state index in [9.17, 15) is 19.8 Å². The minimum atomic E-state index is -0.665. The molecule has 0 saturated carbocycles. The molecule has 0 rings (SSSR count). The maximum atomic E-state index is 12.6. The van der Waals surface area contributed by atoms with Crippen LogP contribution in [0, 0.1) is 0 Å². The Labute approximate surface area is 531 Å². The molecule has 6 nitrogen and oxygen atoms in total. The molecule has 0 spiro atoms. The Bertz CT molecular complexity index is 1420. The second kappa shape index (κ2) is 74.3. The molecule has 0 saturated heterocycles. The lowest BCUT2D eigenvalue weighted by atomic mass is 10.0. The Morgan fingerprint density at radius 2 is 0.612 bits per heavy atom. The van der Waals surface area contributed by atoms with E-state index < -0.39 is 12.1 Å². The van der Waals surface area contributed by atoms with E-state index in [2.05, 4.69) is 67.8 Å². The molecule has 1 amide bonds. The third-order valence-corrected chi connectivity index (χ3v) is 17.8. The predicted octanol–water partition coefficient (Wildman–Crippen LogP) is 25.2. The molecule has 0 aliphatic rings. The van der Waals surface area contributed by atoms with Crippen LogP contribution in [0.4, 0.5) is 0 Å². The fraction of sp³-hybridized carbons (Fsp3) is 0.873. The smallest absolute Gasteiger partial charge is 0.305 e. The zero-order valence-electron chi connectivity index (χ0n) is 57.4.